The van der Waals surface area contributed by atoms with E-state index in [0.717, 1.165) is 5.56 Å². The summed E-state index contributed by atoms with van der Waals surface area (Å²) in [4.78, 5) is 16.7. The Kier molecular flexibility index (Phi) is 6.72. The molecule has 1 aromatic heterocycles. The number of carbonyl (C=O) groups excluding carboxylic acids is 1. The minimum Gasteiger partial charge on any atom is -0.484 e. The highest BCUT2D eigenvalue weighted by Crippen LogP contribution is 2.25. The average Bonchev–Trinajstić information content (AvgIpc) is 3.26. The number of nitrogens with zero attached hydrogens (tertiary/aromatic N) is 3. The predicted octanol–water partition coefficient (Wildman–Crippen LogP) is 2.39. The van der Waals surface area contributed by atoms with Crippen molar-refractivity contribution in [3.05, 3.63) is 53.9 Å². The van der Waals surface area contributed by atoms with Crippen LogP contribution in [0.15, 0.2) is 51.9 Å². The summed E-state index contributed by atoms with van der Waals surface area (Å²) in [6.45, 7) is 4.53. The first kappa shape index (κ1) is 22.9. The third kappa shape index (κ3) is 5.38. The zero-order chi connectivity index (χ0) is 23.4. The van der Waals surface area contributed by atoms with Gasteiger partial charge in [-0.05, 0) is 48.9 Å². The van der Waals surface area contributed by atoms with Crippen LogP contribution in [-0.2, 0) is 19.6 Å². The van der Waals surface area contributed by atoms with Crippen molar-refractivity contribution in [2.45, 2.75) is 18.7 Å². The van der Waals surface area contributed by atoms with Crippen molar-refractivity contribution in [3.63, 3.8) is 0 Å². The molecule has 1 saturated heterocycles. The van der Waals surface area contributed by atoms with Gasteiger partial charge < -0.3 is 19.3 Å². The number of anilines is 1. The molecule has 2 heterocycles. The summed E-state index contributed by atoms with van der Waals surface area (Å²) >= 11 is 0. The van der Waals surface area contributed by atoms with Crippen LogP contribution in [0, 0.1) is 13.8 Å². The summed E-state index contributed by atoms with van der Waals surface area (Å²) in [6, 6.07) is 11.7. The van der Waals surface area contributed by atoms with Gasteiger partial charge in [-0.25, -0.2) is 8.42 Å². The highest BCUT2D eigenvalue weighted by molar-refractivity contribution is 7.89. The van der Waals surface area contributed by atoms with Gasteiger partial charge in [0.2, 0.25) is 21.7 Å². The van der Waals surface area contributed by atoms with Crippen molar-refractivity contribution in [1.29, 1.82) is 0 Å². The minimum absolute atomic E-state index is 0.162. The first-order chi connectivity index (χ1) is 15.8. The number of amides is 1. The number of nitrogens with one attached hydrogen (secondary N) is 1. The molecule has 1 aliphatic heterocycles. The summed E-state index contributed by atoms with van der Waals surface area (Å²) in [5.41, 5.74) is 1.74. The maximum atomic E-state index is 13.0. The Labute approximate surface area is 191 Å². The molecule has 33 heavy (non-hydrogen) atoms. The van der Waals surface area contributed by atoms with Crippen LogP contribution in [0.2, 0.25) is 0 Å². The van der Waals surface area contributed by atoms with Gasteiger partial charge >= 0.3 is 0 Å². The van der Waals surface area contributed by atoms with Crippen LogP contribution < -0.4 is 10.1 Å². The summed E-state index contributed by atoms with van der Waals surface area (Å²) in [5.74, 6) is 1.03. The van der Waals surface area contributed by atoms with Crippen molar-refractivity contribution in [3.8, 4) is 17.1 Å². The number of carbonyl (C=O) groups is 1. The van der Waals surface area contributed by atoms with Gasteiger partial charge in [0.25, 0.3) is 5.91 Å². The normalized spacial score (nSPS) is 14.7. The number of hydrogen-bond donors (Lipinski definition) is 1. The Morgan fingerprint density at radius 2 is 1.85 bits per heavy atom. The van der Waals surface area contributed by atoms with Gasteiger partial charge in [-0.15, -0.1) is 0 Å². The maximum Gasteiger partial charge on any atom is 0.262 e. The van der Waals surface area contributed by atoms with E-state index in [2.05, 4.69) is 15.5 Å². The highest BCUT2D eigenvalue weighted by atomic mass is 32.2. The second kappa shape index (κ2) is 9.69. The van der Waals surface area contributed by atoms with E-state index in [1.54, 1.807) is 50.2 Å². The zero-order valence-corrected chi connectivity index (χ0v) is 19.1. The molecule has 2 aromatic carbocycles. The smallest absolute Gasteiger partial charge is 0.262 e. The lowest BCUT2D eigenvalue weighted by molar-refractivity contribution is -0.118. The Balaban J connectivity index is 1.38. The summed E-state index contributed by atoms with van der Waals surface area (Å²) in [6.07, 6.45) is 0. The molecule has 0 saturated carbocycles. The topological polar surface area (TPSA) is 124 Å². The lowest BCUT2D eigenvalue weighted by atomic mass is 10.2. The van der Waals surface area contributed by atoms with Crippen LogP contribution in [0.1, 0.15) is 11.5 Å². The molecule has 11 heteroatoms. The second-order valence-electron chi connectivity index (χ2n) is 7.49. The lowest BCUT2D eigenvalue weighted by Gasteiger charge is -2.26. The quantitative estimate of drug-likeness (QED) is 0.556. The number of morpholine rings is 1. The molecule has 3 aromatic rings. The van der Waals surface area contributed by atoms with Crippen LogP contribution in [-0.4, -0.2) is 61.7 Å². The van der Waals surface area contributed by atoms with Crippen molar-refractivity contribution in [2.75, 3.05) is 38.2 Å². The summed E-state index contributed by atoms with van der Waals surface area (Å²) < 4.78 is 43.2. The minimum atomic E-state index is -3.68. The number of aromatic nitrogens is 2. The second-order valence-corrected chi connectivity index (χ2v) is 9.40. The van der Waals surface area contributed by atoms with E-state index in [9.17, 15) is 13.2 Å². The third-order valence-corrected chi connectivity index (χ3v) is 7.11. The Hall–Kier alpha value is -3.28. The fourth-order valence-corrected chi connectivity index (χ4v) is 5.00. The average molecular weight is 473 g/mol. The summed E-state index contributed by atoms with van der Waals surface area (Å²) in [7, 11) is -3.68. The number of rotatable bonds is 7. The fourth-order valence-electron chi connectivity index (χ4n) is 3.34. The molecule has 4 rings (SSSR count). The van der Waals surface area contributed by atoms with E-state index in [0.29, 0.717) is 55.0 Å². The molecule has 1 aliphatic rings. The molecule has 0 spiro atoms. The number of sulfonamides is 1. The van der Waals surface area contributed by atoms with Crippen molar-refractivity contribution >= 4 is 21.6 Å². The molecular formula is C22H24N4O6S. The Morgan fingerprint density at radius 3 is 2.52 bits per heavy atom. The van der Waals surface area contributed by atoms with Gasteiger partial charge in [0.1, 0.15) is 5.75 Å². The van der Waals surface area contributed by atoms with Crippen LogP contribution in [0.5, 0.6) is 5.75 Å². The van der Waals surface area contributed by atoms with Crippen LogP contribution in [0.4, 0.5) is 5.69 Å². The molecule has 1 amide bonds. The van der Waals surface area contributed by atoms with Gasteiger partial charge in [-0.3, -0.25) is 4.79 Å². The van der Waals surface area contributed by atoms with Gasteiger partial charge in [0.05, 0.1) is 18.1 Å². The van der Waals surface area contributed by atoms with Gasteiger partial charge in [-0.1, -0.05) is 11.2 Å². The molecule has 0 unspecified atom stereocenters. The Morgan fingerprint density at radius 1 is 1.12 bits per heavy atom. The maximum absolute atomic E-state index is 13.0. The monoisotopic (exact) mass is 472 g/mol. The molecule has 174 valence electrons. The molecule has 0 bridgehead atoms. The number of benzene rings is 2. The van der Waals surface area contributed by atoms with Gasteiger partial charge in [-0.2, -0.15) is 9.29 Å². The van der Waals surface area contributed by atoms with E-state index < -0.39 is 15.9 Å². The molecule has 0 aliphatic carbocycles. The molecule has 1 fully saturated rings. The number of ether oxygens (including phenoxy) is 2. The van der Waals surface area contributed by atoms with Crippen molar-refractivity contribution < 1.29 is 27.2 Å². The van der Waals surface area contributed by atoms with Crippen LogP contribution >= 0.6 is 0 Å². The van der Waals surface area contributed by atoms with Gasteiger partial charge in [0.15, 0.2) is 6.61 Å². The van der Waals surface area contributed by atoms with E-state index in [1.165, 1.54) is 10.4 Å². The van der Waals surface area contributed by atoms with E-state index in [1.807, 2.05) is 0 Å². The standard InChI is InChI=1S/C22H24N4O6S/c1-15-3-6-18(13-20(15)33(28,29)26-9-11-30-12-10-26)24-21(27)14-31-19-7-4-17(5-8-19)22-23-16(2)32-25-22/h3-8,13H,9-12,14H2,1-2H3,(H,24,27). The van der Waals surface area contributed by atoms with E-state index in [-0.39, 0.29) is 11.5 Å². The third-order valence-electron chi connectivity index (χ3n) is 5.07. The number of hydrogen-bond acceptors (Lipinski definition) is 8. The molecular weight excluding hydrogens is 448 g/mol. The first-order valence-electron chi connectivity index (χ1n) is 10.3. The molecule has 0 atom stereocenters. The molecule has 10 nitrogen and oxygen atoms in total. The van der Waals surface area contributed by atoms with Crippen LogP contribution in [0.25, 0.3) is 11.4 Å². The van der Waals surface area contributed by atoms with Crippen molar-refractivity contribution in [2.24, 2.45) is 0 Å². The van der Waals surface area contributed by atoms with E-state index >= 15 is 0 Å². The fraction of sp³-hybridized carbons (Fsp3) is 0.318. The molecule has 1 N–H and O–H groups in total. The molecule has 0 radical (unpaired) electrons. The number of aryl methyl sites for hydroxylation is 2. The first-order valence-corrected chi connectivity index (χ1v) is 11.8. The predicted molar refractivity (Wildman–Crippen MR) is 119 cm³/mol. The van der Waals surface area contributed by atoms with Crippen molar-refractivity contribution in [1.82, 2.24) is 14.4 Å². The van der Waals surface area contributed by atoms with E-state index in [4.69, 9.17) is 14.0 Å². The zero-order valence-electron chi connectivity index (χ0n) is 18.3. The highest BCUT2D eigenvalue weighted by Gasteiger charge is 2.28. The van der Waals surface area contributed by atoms with Gasteiger partial charge in [0, 0.05) is 31.3 Å². The summed E-state index contributed by atoms with van der Waals surface area (Å²) in [5, 5.41) is 6.54. The lowest BCUT2D eigenvalue weighted by Crippen LogP contribution is -2.40. The largest absolute Gasteiger partial charge is 0.484 e. The van der Waals surface area contributed by atoms with Crippen LogP contribution in [0.3, 0.4) is 0 Å². The SMILES string of the molecule is Cc1nc(-c2ccc(OCC(=O)Nc3ccc(C)c(S(=O)(=O)N4CCOCC4)c3)cc2)no1. The Bertz CT molecular complexity index is 1230.